The van der Waals surface area contributed by atoms with Crippen molar-refractivity contribution in [1.82, 2.24) is 15.5 Å². The summed E-state index contributed by atoms with van der Waals surface area (Å²) in [6.45, 7) is 12.4. The molecule has 2 aromatic rings. The number of carbonyl (C=O) groups is 1. The van der Waals surface area contributed by atoms with Crippen LogP contribution in [0.1, 0.15) is 67.8 Å². The Balaban J connectivity index is 1.17. The summed E-state index contributed by atoms with van der Waals surface area (Å²) in [6.07, 6.45) is 5.82. The Labute approximate surface area is 244 Å². The van der Waals surface area contributed by atoms with Gasteiger partial charge < -0.3 is 30.1 Å². The third-order valence-corrected chi connectivity index (χ3v) is 9.58. The van der Waals surface area contributed by atoms with E-state index in [2.05, 4.69) is 46.4 Å². The molecule has 0 unspecified atom stereocenters. The van der Waals surface area contributed by atoms with Crippen molar-refractivity contribution in [3.63, 3.8) is 0 Å². The third kappa shape index (κ3) is 6.33. The van der Waals surface area contributed by atoms with Crippen LogP contribution in [0.2, 0.25) is 0 Å². The smallest absolute Gasteiger partial charge is 0.253 e. The average molecular weight is 563 g/mol. The first-order valence-electron chi connectivity index (χ1n) is 15.6. The number of nitrogens with zero attached hydrogens (tertiary/aromatic N) is 3. The minimum absolute atomic E-state index is 0.0558. The fraction of sp³-hybridized carbons (Fsp3) is 0.606. The van der Waals surface area contributed by atoms with Gasteiger partial charge in [-0.05, 0) is 91.9 Å². The summed E-state index contributed by atoms with van der Waals surface area (Å²) >= 11 is 0. The van der Waals surface area contributed by atoms with E-state index in [-0.39, 0.29) is 17.8 Å². The van der Waals surface area contributed by atoms with Crippen molar-refractivity contribution in [2.45, 2.75) is 58.0 Å². The molecule has 6 rings (SSSR count). The zero-order valence-electron chi connectivity index (χ0n) is 24.7. The number of nitrogens with one attached hydrogen (secondary N) is 2. The van der Waals surface area contributed by atoms with E-state index in [1.807, 2.05) is 23.1 Å². The molecule has 2 aromatic carbocycles. The van der Waals surface area contributed by atoms with Crippen LogP contribution < -0.4 is 25.2 Å². The zero-order valence-corrected chi connectivity index (χ0v) is 24.7. The van der Waals surface area contributed by atoms with Crippen molar-refractivity contribution >= 4 is 17.3 Å². The Bertz CT molecular complexity index is 1210. The summed E-state index contributed by atoms with van der Waals surface area (Å²) in [5.41, 5.74) is 3.85. The number of benzene rings is 2. The first-order chi connectivity index (χ1) is 19.9. The van der Waals surface area contributed by atoms with Gasteiger partial charge in [-0.25, -0.2) is 4.39 Å². The van der Waals surface area contributed by atoms with Gasteiger partial charge in [0, 0.05) is 64.5 Å². The van der Waals surface area contributed by atoms with Gasteiger partial charge in [-0.3, -0.25) is 4.79 Å². The van der Waals surface area contributed by atoms with Gasteiger partial charge in [0.2, 0.25) is 0 Å². The minimum Gasteiger partial charge on any atom is -0.489 e. The van der Waals surface area contributed by atoms with Gasteiger partial charge in [0.1, 0.15) is 17.7 Å². The Morgan fingerprint density at radius 2 is 1.71 bits per heavy atom. The molecule has 8 heteroatoms. The Morgan fingerprint density at radius 3 is 2.41 bits per heavy atom. The molecule has 3 saturated heterocycles. The first kappa shape index (κ1) is 28.3. The fourth-order valence-electron chi connectivity index (χ4n) is 6.95. The van der Waals surface area contributed by atoms with Crippen LogP contribution in [0.5, 0.6) is 5.75 Å². The zero-order chi connectivity index (χ0) is 28.4. The normalized spacial score (nSPS) is 23.6. The van der Waals surface area contributed by atoms with Crippen molar-refractivity contribution in [2.75, 3.05) is 75.2 Å². The lowest BCUT2D eigenvalue weighted by Crippen LogP contribution is -2.50. The van der Waals surface area contributed by atoms with E-state index in [0.29, 0.717) is 43.2 Å². The number of rotatable bonds is 6. The summed E-state index contributed by atoms with van der Waals surface area (Å²) in [6, 6.07) is 12.4. The van der Waals surface area contributed by atoms with E-state index >= 15 is 4.39 Å². The van der Waals surface area contributed by atoms with Crippen LogP contribution >= 0.6 is 0 Å². The molecule has 7 nitrogen and oxygen atoms in total. The Morgan fingerprint density at radius 1 is 0.951 bits per heavy atom. The van der Waals surface area contributed by atoms with Crippen LogP contribution in [0.3, 0.4) is 0 Å². The van der Waals surface area contributed by atoms with E-state index in [0.717, 1.165) is 75.5 Å². The maximum atomic E-state index is 15.2. The van der Waals surface area contributed by atoms with Gasteiger partial charge >= 0.3 is 0 Å². The SMILES string of the molecule is CC1(C)CCC(c2cc(C(=O)N3CCN(c4c(F)c[c]cc4N4CCNCC4)CC3)ccc2O[C@H]2CCNC2)CC1. The first-order valence-corrected chi connectivity index (χ1v) is 15.6. The van der Waals surface area contributed by atoms with E-state index in [9.17, 15) is 4.79 Å². The monoisotopic (exact) mass is 562 g/mol. The fourth-order valence-corrected chi connectivity index (χ4v) is 6.95. The third-order valence-electron chi connectivity index (χ3n) is 9.58. The van der Waals surface area contributed by atoms with Crippen molar-refractivity contribution in [1.29, 1.82) is 0 Å². The maximum Gasteiger partial charge on any atom is 0.253 e. The average Bonchev–Trinajstić information content (AvgIpc) is 3.51. The number of carbonyl (C=O) groups excluding carboxylic acids is 1. The molecular weight excluding hydrogens is 517 g/mol. The molecule has 1 radical (unpaired) electrons. The summed E-state index contributed by atoms with van der Waals surface area (Å²) in [4.78, 5) is 20.1. The quantitative estimate of drug-likeness (QED) is 0.544. The molecule has 3 aliphatic heterocycles. The van der Waals surface area contributed by atoms with Crippen LogP contribution in [0.25, 0.3) is 0 Å². The van der Waals surface area contributed by atoms with Crippen molar-refractivity contribution in [3.8, 4) is 5.75 Å². The number of hydrogen-bond acceptors (Lipinski definition) is 6. The van der Waals surface area contributed by atoms with E-state index < -0.39 is 0 Å². The topological polar surface area (TPSA) is 60.1 Å². The van der Waals surface area contributed by atoms with E-state index in [1.54, 1.807) is 0 Å². The lowest BCUT2D eigenvalue weighted by atomic mass is 9.71. The van der Waals surface area contributed by atoms with Gasteiger partial charge in [0.25, 0.3) is 5.91 Å². The van der Waals surface area contributed by atoms with Gasteiger partial charge in [-0.1, -0.05) is 13.8 Å². The number of hydrogen-bond donors (Lipinski definition) is 2. The molecule has 1 aliphatic carbocycles. The predicted octanol–water partition coefficient (Wildman–Crippen LogP) is 4.42. The molecule has 0 bridgehead atoms. The number of piperazine rings is 2. The summed E-state index contributed by atoms with van der Waals surface area (Å²) < 4.78 is 21.6. The number of anilines is 2. The highest BCUT2D eigenvalue weighted by Crippen LogP contribution is 2.45. The van der Waals surface area contributed by atoms with Crippen molar-refractivity contribution in [2.24, 2.45) is 5.41 Å². The van der Waals surface area contributed by atoms with Crippen molar-refractivity contribution in [3.05, 3.63) is 53.3 Å². The highest BCUT2D eigenvalue weighted by atomic mass is 19.1. The number of amides is 1. The molecule has 221 valence electrons. The van der Waals surface area contributed by atoms with E-state index in [4.69, 9.17) is 4.74 Å². The second-order valence-electron chi connectivity index (χ2n) is 13.0. The molecule has 0 aromatic heterocycles. The molecule has 3 heterocycles. The Kier molecular flexibility index (Phi) is 8.40. The number of halogens is 1. The number of ether oxygens (including phenoxy) is 1. The lowest BCUT2D eigenvalue weighted by molar-refractivity contribution is 0.0746. The summed E-state index contributed by atoms with van der Waals surface area (Å²) in [7, 11) is 0. The van der Waals surface area contributed by atoms with Crippen LogP contribution in [-0.4, -0.2) is 82.4 Å². The molecule has 41 heavy (non-hydrogen) atoms. The van der Waals surface area contributed by atoms with Crippen LogP contribution in [0, 0.1) is 17.3 Å². The highest BCUT2D eigenvalue weighted by Gasteiger charge is 2.32. The molecule has 1 atom stereocenters. The second-order valence-corrected chi connectivity index (χ2v) is 13.0. The lowest BCUT2D eigenvalue weighted by Gasteiger charge is -2.39. The molecule has 1 saturated carbocycles. The van der Waals surface area contributed by atoms with Gasteiger partial charge in [0.05, 0.1) is 11.4 Å². The molecule has 1 amide bonds. The largest absolute Gasteiger partial charge is 0.489 e. The van der Waals surface area contributed by atoms with Gasteiger partial charge in [-0.15, -0.1) is 0 Å². The second kappa shape index (κ2) is 12.2. The molecule has 4 fully saturated rings. The van der Waals surface area contributed by atoms with E-state index in [1.165, 1.54) is 24.5 Å². The highest BCUT2D eigenvalue weighted by molar-refractivity contribution is 5.95. The predicted molar refractivity (Wildman–Crippen MR) is 162 cm³/mol. The van der Waals surface area contributed by atoms with Crippen molar-refractivity contribution < 1.29 is 13.9 Å². The Hall–Kier alpha value is -2.84. The minimum atomic E-state index is -0.242. The molecule has 0 spiro atoms. The molecule has 2 N–H and O–H groups in total. The van der Waals surface area contributed by atoms with Crippen LogP contribution in [0.4, 0.5) is 15.8 Å². The molecule has 4 aliphatic rings. The molecular formula is C33H45FN5O2. The van der Waals surface area contributed by atoms with Gasteiger partial charge in [-0.2, -0.15) is 0 Å². The summed E-state index contributed by atoms with van der Waals surface area (Å²) in [5, 5.41) is 6.76. The summed E-state index contributed by atoms with van der Waals surface area (Å²) in [5.74, 6) is 1.18. The maximum absolute atomic E-state index is 15.2. The van der Waals surface area contributed by atoms with Gasteiger partial charge in [0.15, 0.2) is 0 Å². The standard InChI is InChI=1S/C33H45FN5O2/c1-33(2)11-8-24(9-12-33)27-22-25(6-7-30(27)41-26-10-13-36-23-26)32(40)39-20-18-38(19-21-39)31-28(34)4-3-5-29(31)37-16-14-35-15-17-37/h4-7,22,24,26,35-36H,8-21,23H2,1-2H3/t26-/m0/s1. The van der Waals surface area contributed by atoms with Crippen LogP contribution in [0.15, 0.2) is 30.3 Å². The van der Waals surface area contributed by atoms with Crippen LogP contribution in [-0.2, 0) is 0 Å².